The fourth-order valence-corrected chi connectivity index (χ4v) is 2.78. The number of nitrogens with zero attached hydrogens (tertiary/aromatic N) is 4. The molecule has 0 saturated heterocycles. The van der Waals surface area contributed by atoms with Crippen LogP contribution in [0.1, 0.15) is 41.7 Å². The maximum atomic E-state index is 12.7. The molecule has 0 aliphatic carbocycles. The van der Waals surface area contributed by atoms with Crippen molar-refractivity contribution in [3.05, 3.63) is 54.1 Å². The van der Waals surface area contributed by atoms with E-state index < -0.39 is 5.91 Å². The molecule has 10 heteroatoms. The summed E-state index contributed by atoms with van der Waals surface area (Å²) in [6.45, 7) is 7.13. The van der Waals surface area contributed by atoms with Crippen molar-refractivity contribution in [2.24, 2.45) is 5.92 Å². The number of ether oxygens (including phenoxy) is 2. The molecule has 3 aromatic rings. The first kappa shape index (κ1) is 22.9. The minimum atomic E-state index is -0.443. The van der Waals surface area contributed by atoms with Crippen LogP contribution in [0.25, 0.3) is 0 Å². The Kier molecular flexibility index (Phi) is 7.48. The minimum Gasteiger partial charge on any atom is -0.497 e. The molecule has 3 rings (SSSR count). The van der Waals surface area contributed by atoms with Gasteiger partial charge in [-0.15, -0.1) is 0 Å². The van der Waals surface area contributed by atoms with Gasteiger partial charge in [0.15, 0.2) is 18.1 Å². The van der Waals surface area contributed by atoms with Crippen molar-refractivity contribution in [2.75, 3.05) is 19.0 Å². The van der Waals surface area contributed by atoms with E-state index in [0.29, 0.717) is 30.4 Å². The average molecular weight is 441 g/mol. The smallest absolute Gasteiger partial charge is 0.276 e. The first-order chi connectivity index (χ1) is 15.4. The van der Waals surface area contributed by atoms with Crippen LogP contribution in [-0.2, 0) is 13.3 Å². The van der Waals surface area contributed by atoms with Crippen LogP contribution in [0.5, 0.6) is 11.5 Å². The summed E-state index contributed by atoms with van der Waals surface area (Å²) in [6, 6.07) is 8.74. The molecular formula is C22H28N6O4. The number of anilines is 1. The molecule has 2 aromatic heterocycles. The molecule has 170 valence electrons. The van der Waals surface area contributed by atoms with Gasteiger partial charge in [-0.05, 0) is 43.2 Å². The third kappa shape index (κ3) is 5.87. The molecular weight excluding hydrogens is 412 g/mol. The van der Waals surface area contributed by atoms with E-state index in [-0.39, 0.29) is 24.0 Å². The SMILES string of the molecule is CCn1cc(NC(=O)c2ccn(COc3ccc(OC)cc3)n2)c(C(=O)NCC(C)C)n1. The zero-order chi connectivity index (χ0) is 23.1. The van der Waals surface area contributed by atoms with Crippen LogP contribution in [0.4, 0.5) is 5.69 Å². The highest BCUT2D eigenvalue weighted by Crippen LogP contribution is 2.18. The summed E-state index contributed by atoms with van der Waals surface area (Å²) in [5.41, 5.74) is 0.700. The van der Waals surface area contributed by atoms with Gasteiger partial charge < -0.3 is 20.1 Å². The lowest BCUT2D eigenvalue weighted by atomic mass is 10.2. The van der Waals surface area contributed by atoms with Gasteiger partial charge in [0.1, 0.15) is 11.5 Å². The fourth-order valence-electron chi connectivity index (χ4n) is 2.78. The van der Waals surface area contributed by atoms with Crippen LogP contribution in [0.3, 0.4) is 0 Å². The van der Waals surface area contributed by atoms with Crippen LogP contribution in [-0.4, -0.2) is 45.0 Å². The summed E-state index contributed by atoms with van der Waals surface area (Å²) < 4.78 is 13.9. The number of nitrogens with one attached hydrogen (secondary N) is 2. The van der Waals surface area contributed by atoms with Gasteiger partial charge in [0.05, 0.1) is 12.8 Å². The van der Waals surface area contributed by atoms with Crippen molar-refractivity contribution in [1.29, 1.82) is 0 Å². The molecule has 0 unspecified atom stereocenters. The van der Waals surface area contributed by atoms with Gasteiger partial charge >= 0.3 is 0 Å². The van der Waals surface area contributed by atoms with Crippen LogP contribution in [0, 0.1) is 5.92 Å². The number of aryl methyl sites for hydroxylation is 1. The molecule has 0 saturated carbocycles. The van der Waals surface area contributed by atoms with Gasteiger partial charge in [-0.2, -0.15) is 10.2 Å². The Morgan fingerprint density at radius 1 is 1.03 bits per heavy atom. The summed E-state index contributed by atoms with van der Waals surface area (Å²) in [5.74, 6) is 0.908. The van der Waals surface area contributed by atoms with E-state index in [1.54, 1.807) is 54.5 Å². The van der Waals surface area contributed by atoms with Crippen molar-refractivity contribution in [3.8, 4) is 11.5 Å². The second-order valence-electron chi connectivity index (χ2n) is 7.49. The zero-order valence-electron chi connectivity index (χ0n) is 18.7. The predicted molar refractivity (Wildman–Crippen MR) is 119 cm³/mol. The highest BCUT2D eigenvalue weighted by Gasteiger charge is 2.20. The van der Waals surface area contributed by atoms with E-state index in [1.807, 2.05) is 20.8 Å². The number of hydrogen-bond acceptors (Lipinski definition) is 6. The molecule has 1 aromatic carbocycles. The molecule has 0 bridgehead atoms. The Bertz CT molecular complexity index is 1050. The van der Waals surface area contributed by atoms with E-state index in [9.17, 15) is 9.59 Å². The van der Waals surface area contributed by atoms with Gasteiger partial charge in [-0.25, -0.2) is 4.68 Å². The molecule has 0 fully saturated rings. The minimum absolute atomic E-state index is 0.135. The number of carbonyl (C=O) groups excluding carboxylic acids is 2. The van der Waals surface area contributed by atoms with Crippen LogP contribution in [0.15, 0.2) is 42.7 Å². The number of benzene rings is 1. The molecule has 0 radical (unpaired) electrons. The van der Waals surface area contributed by atoms with E-state index in [2.05, 4.69) is 20.8 Å². The van der Waals surface area contributed by atoms with Crippen molar-refractivity contribution in [3.63, 3.8) is 0 Å². The number of carbonyl (C=O) groups is 2. The zero-order valence-corrected chi connectivity index (χ0v) is 18.7. The number of rotatable bonds is 10. The molecule has 2 N–H and O–H groups in total. The molecule has 0 spiro atoms. The predicted octanol–water partition coefficient (Wildman–Crippen LogP) is 2.78. The maximum Gasteiger partial charge on any atom is 0.276 e. The van der Waals surface area contributed by atoms with Crippen LogP contribution < -0.4 is 20.1 Å². The van der Waals surface area contributed by atoms with Gasteiger partial charge in [0.25, 0.3) is 11.8 Å². The molecule has 10 nitrogen and oxygen atoms in total. The average Bonchev–Trinajstić information content (AvgIpc) is 3.43. The second kappa shape index (κ2) is 10.5. The Morgan fingerprint density at radius 2 is 1.75 bits per heavy atom. The largest absolute Gasteiger partial charge is 0.497 e. The molecule has 2 amide bonds. The number of amides is 2. The Hall–Kier alpha value is -3.82. The standard InChI is InChI=1S/C22H28N6O4/c1-5-27-13-19(20(26-27)22(30)23-12-15(2)3)24-21(29)18-10-11-28(25-18)14-32-17-8-6-16(31-4)7-9-17/h6-11,13,15H,5,12,14H2,1-4H3,(H,23,30)(H,24,29). The van der Waals surface area contributed by atoms with Crippen molar-refractivity contribution in [1.82, 2.24) is 24.9 Å². The lowest BCUT2D eigenvalue weighted by Crippen LogP contribution is -2.28. The third-order valence-electron chi connectivity index (χ3n) is 4.52. The van der Waals surface area contributed by atoms with Gasteiger partial charge in [-0.1, -0.05) is 13.8 Å². The summed E-state index contributed by atoms with van der Waals surface area (Å²) in [6.07, 6.45) is 3.27. The summed E-state index contributed by atoms with van der Waals surface area (Å²) in [5, 5.41) is 14.1. The van der Waals surface area contributed by atoms with E-state index in [1.165, 1.54) is 4.68 Å². The number of methoxy groups -OCH3 is 1. The first-order valence-electron chi connectivity index (χ1n) is 10.4. The molecule has 2 heterocycles. The number of hydrogen-bond donors (Lipinski definition) is 2. The lowest BCUT2D eigenvalue weighted by molar-refractivity contribution is 0.0944. The Morgan fingerprint density at radius 3 is 2.41 bits per heavy atom. The Labute approximate surface area is 186 Å². The van der Waals surface area contributed by atoms with E-state index >= 15 is 0 Å². The van der Waals surface area contributed by atoms with E-state index in [0.717, 1.165) is 5.75 Å². The van der Waals surface area contributed by atoms with Crippen molar-refractivity contribution >= 4 is 17.5 Å². The topological polar surface area (TPSA) is 112 Å². The lowest BCUT2D eigenvalue weighted by Gasteiger charge is -2.08. The molecule has 0 aliphatic rings. The molecule has 0 aliphatic heterocycles. The third-order valence-corrected chi connectivity index (χ3v) is 4.52. The van der Waals surface area contributed by atoms with Gasteiger partial charge in [0, 0.05) is 25.5 Å². The van der Waals surface area contributed by atoms with Crippen LogP contribution in [0.2, 0.25) is 0 Å². The maximum absolute atomic E-state index is 12.7. The highest BCUT2D eigenvalue weighted by molar-refractivity contribution is 6.07. The summed E-state index contributed by atoms with van der Waals surface area (Å²) >= 11 is 0. The van der Waals surface area contributed by atoms with Gasteiger partial charge in [0.2, 0.25) is 0 Å². The fraction of sp³-hybridized carbons (Fsp3) is 0.364. The second-order valence-corrected chi connectivity index (χ2v) is 7.49. The molecule has 32 heavy (non-hydrogen) atoms. The van der Waals surface area contributed by atoms with Crippen LogP contribution >= 0.6 is 0 Å². The Balaban J connectivity index is 1.64. The highest BCUT2D eigenvalue weighted by atomic mass is 16.5. The van der Waals surface area contributed by atoms with Gasteiger partial charge in [-0.3, -0.25) is 14.3 Å². The summed E-state index contributed by atoms with van der Waals surface area (Å²) in [7, 11) is 1.60. The first-order valence-corrected chi connectivity index (χ1v) is 10.4. The quantitative estimate of drug-likeness (QED) is 0.501. The van der Waals surface area contributed by atoms with Crippen molar-refractivity contribution in [2.45, 2.75) is 34.0 Å². The summed E-state index contributed by atoms with van der Waals surface area (Å²) in [4.78, 5) is 25.2. The normalized spacial score (nSPS) is 10.8. The number of aromatic nitrogens is 4. The van der Waals surface area contributed by atoms with Crippen molar-refractivity contribution < 1.29 is 19.1 Å². The van der Waals surface area contributed by atoms with E-state index in [4.69, 9.17) is 9.47 Å². The molecule has 0 atom stereocenters. The monoisotopic (exact) mass is 440 g/mol.